The monoisotopic (exact) mass is 387 g/mol. The van der Waals surface area contributed by atoms with Crippen molar-refractivity contribution < 1.29 is 13.2 Å². The van der Waals surface area contributed by atoms with Crippen LogP contribution in [0.1, 0.15) is 19.4 Å². The molecule has 7 heteroatoms. The minimum absolute atomic E-state index is 0.186. The van der Waals surface area contributed by atoms with Crippen LogP contribution in [0, 0.1) is 0 Å². The van der Waals surface area contributed by atoms with Crippen molar-refractivity contribution in [2.75, 3.05) is 36.4 Å². The zero-order chi connectivity index (χ0) is 19.4. The van der Waals surface area contributed by atoms with Crippen LogP contribution in [0.5, 0.6) is 0 Å². The van der Waals surface area contributed by atoms with Gasteiger partial charge in [0.1, 0.15) is 0 Å². The molecule has 0 unspecified atom stereocenters. The Balaban J connectivity index is 1.70. The van der Waals surface area contributed by atoms with E-state index >= 15 is 0 Å². The first-order valence-electron chi connectivity index (χ1n) is 9.12. The number of nitrogens with zero attached hydrogens (tertiary/aromatic N) is 2. The Morgan fingerprint density at radius 2 is 1.63 bits per heavy atom. The van der Waals surface area contributed by atoms with Crippen molar-refractivity contribution in [3.63, 3.8) is 0 Å². The molecule has 0 aromatic heterocycles. The number of carbonyl (C=O) groups is 1. The Bertz CT molecular complexity index is 902. The number of amides is 1. The molecular weight excluding hydrogens is 362 g/mol. The molecule has 2 aromatic carbocycles. The highest BCUT2D eigenvalue weighted by Gasteiger charge is 2.29. The fourth-order valence-electron chi connectivity index (χ4n) is 3.35. The van der Waals surface area contributed by atoms with E-state index in [1.165, 1.54) is 22.5 Å². The molecule has 0 atom stereocenters. The van der Waals surface area contributed by atoms with Gasteiger partial charge in [-0.25, -0.2) is 8.42 Å². The number of hydrogen-bond acceptors (Lipinski definition) is 4. The van der Waals surface area contributed by atoms with E-state index in [-0.39, 0.29) is 10.8 Å². The largest absolute Gasteiger partial charge is 0.369 e. The van der Waals surface area contributed by atoms with Gasteiger partial charge in [-0.05, 0) is 42.3 Å². The fraction of sp³-hybridized carbons (Fsp3) is 0.350. The average Bonchev–Trinajstić information content (AvgIpc) is 2.68. The van der Waals surface area contributed by atoms with Crippen LogP contribution < -0.4 is 10.2 Å². The molecule has 1 aliphatic rings. The van der Waals surface area contributed by atoms with Gasteiger partial charge >= 0.3 is 0 Å². The molecule has 27 heavy (non-hydrogen) atoms. The molecule has 1 N–H and O–H groups in total. The van der Waals surface area contributed by atoms with Gasteiger partial charge in [0.05, 0.1) is 4.90 Å². The Morgan fingerprint density at radius 1 is 1.00 bits per heavy atom. The van der Waals surface area contributed by atoms with Gasteiger partial charge in [0.2, 0.25) is 15.9 Å². The maximum atomic E-state index is 12.9. The third kappa shape index (κ3) is 4.31. The van der Waals surface area contributed by atoms with Gasteiger partial charge < -0.3 is 10.2 Å². The van der Waals surface area contributed by atoms with Crippen molar-refractivity contribution in [3.05, 3.63) is 54.1 Å². The van der Waals surface area contributed by atoms with Crippen LogP contribution in [0.3, 0.4) is 0 Å². The quantitative estimate of drug-likeness (QED) is 0.856. The van der Waals surface area contributed by atoms with E-state index in [1.807, 2.05) is 12.1 Å². The predicted molar refractivity (Wildman–Crippen MR) is 108 cm³/mol. The van der Waals surface area contributed by atoms with E-state index in [9.17, 15) is 13.2 Å². The van der Waals surface area contributed by atoms with Crippen molar-refractivity contribution in [3.8, 4) is 0 Å². The number of sulfonamides is 1. The van der Waals surface area contributed by atoms with Crippen LogP contribution in [-0.4, -0.2) is 44.8 Å². The van der Waals surface area contributed by atoms with Gasteiger partial charge in [-0.3, -0.25) is 4.79 Å². The van der Waals surface area contributed by atoms with Gasteiger partial charge in [-0.1, -0.05) is 25.1 Å². The summed E-state index contributed by atoms with van der Waals surface area (Å²) < 4.78 is 27.3. The smallest absolute Gasteiger partial charge is 0.243 e. The summed E-state index contributed by atoms with van der Waals surface area (Å²) in [5, 5.41) is 2.64. The van der Waals surface area contributed by atoms with Crippen molar-refractivity contribution >= 4 is 27.3 Å². The first kappa shape index (κ1) is 19.4. The highest BCUT2D eigenvalue weighted by molar-refractivity contribution is 7.89. The summed E-state index contributed by atoms with van der Waals surface area (Å²) in [7, 11) is -3.53. The molecule has 0 radical (unpaired) electrons. The van der Waals surface area contributed by atoms with E-state index in [1.54, 1.807) is 24.3 Å². The van der Waals surface area contributed by atoms with Crippen LogP contribution in [0.15, 0.2) is 53.4 Å². The molecule has 1 fully saturated rings. The first-order chi connectivity index (χ1) is 12.9. The summed E-state index contributed by atoms with van der Waals surface area (Å²) in [6, 6.07) is 14.6. The Morgan fingerprint density at radius 3 is 2.22 bits per heavy atom. The molecule has 1 aliphatic heterocycles. The summed E-state index contributed by atoms with van der Waals surface area (Å²) in [5.74, 6) is -0.186. The number of anilines is 2. The topological polar surface area (TPSA) is 69.7 Å². The van der Waals surface area contributed by atoms with Crippen LogP contribution in [0.25, 0.3) is 0 Å². The molecule has 0 bridgehead atoms. The van der Waals surface area contributed by atoms with Crippen LogP contribution in [-0.2, 0) is 21.2 Å². The Labute approximate surface area is 160 Å². The standard InChI is InChI=1S/C20H25N3O3S/c1-3-17-6-4-5-7-20(17)22-12-14-23(15-13-22)27(25,26)19-10-8-18(9-11-19)21-16(2)24/h4-11H,3,12-15H2,1-2H3,(H,21,24). The number of nitrogens with one attached hydrogen (secondary N) is 1. The van der Waals surface area contributed by atoms with Crippen molar-refractivity contribution in [2.45, 2.75) is 25.2 Å². The van der Waals surface area contributed by atoms with E-state index in [0.717, 1.165) is 6.42 Å². The molecule has 6 nitrogen and oxygen atoms in total. The number of carbonyl (C=O) groups excluding carboxylic acids is 1. The lowest BCUT2D eigenvalue weighted by Crippen LogP contribution is -2.48. The lowest BCUT2D eigenvalue weighted by atomic mass is 10.1. The van der Waals surface area contributed by atoms with E-state index in [2.05, 4.69) is 29.3 Å². The average molecular weight is 388 g/mol. The summed E-state index contributed by atoms with van der Waals surface area (Å²) in [5.41, 5.74) is 3.06. The molecule has 3 rings (SSSR count). The molecule has 1 saturated heterocycles. The minimum atomic E-state index is -3.53. The lowest BCUT2D eigenvalue weighted by molar-refractivity contribution is -0.114. The van der Waals surface area contributed by atoms with Crippen LogP contribution in [0.2, 0.25) is 0 Å². The Kier molecular flexibility index (Phi) is 5.82. The zero-order valence-corrected chi connectivity index (χ0v) is 16.5. The normalized spacial score (nSPS) is 15.6. The minimum Gasteiger partial charge on any atom is -0.369 e. The second-order valence-electron chi connectivity index (χ2n) is 6.58. The molecule has 2 aromatic rings. The van der Waals surface area contributed by atoms with Crippen LogP contribution in [0.4, 0.5) is 11.4 Å². The third-order valence-corrected chi connectivity index (χ3v) is 6.68. The SMILES string of the molecule is CCc1ccccc1N1CCN(S(=O)(=O)c2ccc(NC(C)=O)cc2)CC1. The summed E-state index contributed by atoms with van der Waals surface area (Å²) in [6.07, 6.45) is 0.954. The van der Waals surface area contributed by atoms with Crippen LogP contribution >= 0.6 is 0 Å². The van der Waals surface area contributed by atoms with Gasteiger partial charge in [-0.15, -0.1) is 0 Å². The van der Waals surface area contributed by atoms with Gasteiger partial charge in [-0.2, -0.15) is 4.31 Å². The predicted octanol–water partition coefficient (Wildman–Crippen LogP) is 2.72. The zero-order valence-electron chi connectivity index (χ0n) is 15.7. The number of aryl methyl sites for hydroxylation is 1. The summed E-state index contributed by atoms with van der Waals surface area (Å²) in [6.45, 7) is 5.78. The van der Waals surface area contributed by atoms with Gasteiger partial charge in [0.25, 0.3) is 0 Å². The van der Waals surface area contributed by atoms with Crippen molar-refractivity contribution in [2.24, 2.45) is 0 Å². The summed E-state index contributed by atoms with van der Waals surface area (Å²) >= 11 is 0. The number of benzene rings is 2. The van der Waals surface area contributed by atoms with E-state index in [0.29, 0.717) is 31.9 Å². The number of hydrogen-bond donors (Lipinski definition) is 1. The highest BCUT2D eigenvalue weighted by atomic mass is 32.2. The van der Waals surface area contributed by atoms with Gasteiger partial charge in [0.15, 0.2) is 0 Å². The molecular formula is C20H25N3O3S. The first-order valence-corrected chi connectivity index (χ1v) is 10.6. The molecule has 1 amide bonds. The van der Waals surface area contributed by atoms with E-state index < -0.39 is 10.0 Å². The molecule has 0 saturated carbocycles. The molecule has 0 spiro atoms. The Hall–Kier alpha value is -2.38. The molecule has 0 aliphatic carbocycles. The van der Waals surface area contributed by atoms with Gasteiger partial charge in [0, 0.05) is 44.5 Å². The molecule has 1 heterocycles. The number of piperazine rings is 1. The number of para-hydroxylation sites is 1. The second kappa shape index (κ2) is 8.10. The maximum Gasteiger partial charge on any atom is 0.243 e. The van der Waals surface area contributed by atoms with E-state index in [4.69, 9.17) is 0 Å². The number of rotatable bonds is 5. The fourth-order valence-corrected chi connectivity index (χ4v) is 4.77. The van der Waals surface area contributed by atoms with Crippen molar-refractivity contribution in [1.29, 1.82) is 0 Å². The third-order valence-electron chi connectivity index (χ3n) is 4.76. The maximum absolute atomic E-state index is 12.9. The lowest BCUT2D eigenvalue weighted by Gasteiger charge is -2.36. The molecule has 144 valence electrons. The second-order valence-corrected chi connectivity index (χ2v) is 8.52. The van der Waals surface area contributed by atoms with Crippen molar-refractivity contribution in [1.82, 2.24) is 4.31 Å². The summed E-state index contributed by atoms with van der Waals surface area (Å²) in [4.78, 5) is 13.6. The highest BCUT2D eigenvalue weighted by Crippen LogP contribution is 2.25.